The van der Waals surface area contributed by atoms with Crippen LogP contribution in [0.5, 0.6) is 5.75 Å². The first kappa shape index (κ1) is 18.0. The number of aryl methyl sites for hydroxylation is 1. The molecule has 3 aromatic carbocycles. The summed E-state index contributed by atoms with van der Waals surface area (Å²) in [6.07, 6.45) is -1.45. The highest BCUT2D eigenvalue weighted by Crippen LogP contribution is 2.31. The van der Waals surface area contributed by atoms with Crippen molar-refractivity contribution in [3.05, 3.63) is 78.6 Å². The van der Waals surface area contributed by atoms with Crippen LogP contribution >= 0.6 is 0 Å². The zero-order valence-electron chi connectivity index (χ0n) is 13.8. The number of ether oxygens (including phenoxy) is 1. The molecule has 26 heavy (non-hydrogen) atoms. The average Bonchev–Trinajstić information content (AvgIpc) is 2.58. The highest BCUT2D eigenvalue weighted by Gasteiger charge is 2.31. The van der Waals surface area contributed by atoms with Crippen molar-refractivity contribution >= 4 is 10.8 Å². The molecule has 0 aromatic heterocycles. The third-order valence-corrected chi connectivity index (χ3v) is 4.03. The monoisotopic (exact) mass is 360 g/mol. The second-order valence-corrected chi connectivity index (χ2v) is 5.91. The standard InChI is InChI=1S/C21H16F4O/c1-2-3-4-14-5-10-19(20(22)11-14)17-7-6-16-13-18(26-21(23,24)25)9-8-15(16)12-17/h2,5-13H,1,3-4H2. The molecule has 0 spiro atoms. The van der Waals surface area contributed by atoms with E-state index in [2.05, 4.69) is 11.3 Å². The highest BCUT2D eigenvalue weighted by molar-refractivity contribution is 5.88. The fourth-order valence-electron chi connectivity index (χ4n) is 2.81. The van der Waals surface area contributed by atoms with Gasteiger partial charge in [-0.3, -0.25) is 0 Å². The Kier molecular flexibility index (Phi) is 4.98. The third kappa shape index (κ3) is 4.23. The maximum atomic E-state index is 14.4. The molecule has 1 nitrogen and oxygen atoms in total. The Morgan fingerprint density at radius 2 is 1.65 bits per heavy atom. The van der Waals surface area contributed by atoms with E-state index in [9.17, 15) is 17.6 Å². The lowest BCUT2D eigenvalue weighted by Gasteiger charge is -2.11. The van der Waals surface area contributed by atoms with Crippen molar-refractivity contribution in [3.8, 4) is 16.9 Å². The molecule has 0 heterocycles. The summed E-state index contributed by atoms with van der Waals surface area (Å²) >= 11 is 0. The predicted molar refractivity (Wildman–Crippen MR) is 94.5 cm³/mol. The number of hydrogen-bond acceptors (Lipinski definition) is 1. The number of benzene rings is 3. The molecule has 0 atom stereocenters. The lowest BCUT2D eigenvalue weighted by Crippen LogP contribution is -2.16. The van der Waals surface area contributed by atoms with Gasteiger partial charge in [-0.1, -0.05) is 36.4 Å². The summed E-state index contributed by atoms with van der Waals surface area (Å²) in [6, 6.07) is 14.2. The van der Waals surface area contributed by atoms with E-state index in [0.29, 0.717) is 21.9 Å². The third-order valence-electron chi connectivity index (χ3n) is 4.03. The number of halogens is 4. The lowest BCUT2D eigenvalue weighted by molar-refractivity contribution is -0.274. The number of allylic oxidation sites excluding steroid dienone is 1. The molecule has 3 rings (SSSR count). The summed E-state index contributed by atoms with van der Waals surface area (Å²) in [5.41, 5.74) is 2.00. The van der Waals surface area contributed by atoms with Crippen LogP contribution in [0.4, 0.5) is 17.6 Å². The Hall–Kier alpha value is -2.82. The summed E-state index contributed by atoms with van der Waals surface area (Å²) in [6.45, 7) is 3.65. The zero-order chi connectivity index (χ0) is 18.7. The van der Waals surface area contributed by atoms with Gasteiger partial charge in [-0.25, -0.2) is 4.39 Å². The lowest BCUT2D eigenvalue weighted by atomic mass is 9.98. The van der Waals surface area contributed by atoms with Crippen LogP contribution in [-0.4, -0.2) is 6.36 Å². The summed E-state index contributed by atoms with van der Waals surface area (Å²) < 4.78 is 55.3. The fraction of sp³-hybridized carbons (Fsp3) is 0.143. The molecule has 134 valence electrons. The molecule has 5 heteroatoms. The van der Waals surface area contributed by atoms with Gasteiger partial charge in [0.15, 0.2) is 0 Å². The van der Waals surface area contributed by atoms with Gasteiger partial charge in [-0.05, 0) is 59.0 Å². The number of rotatable bonds is 5. The maximum absolute atomic E-state index is 14.4. The van der Waals surface area contributed by atoms with Crippen LogP contribution in [0.25, 0.3) is 21.9 Å². The molecule has 0 fully saturated rings. The molecule has 3 aromatic rings. The van der Waals surface area contributed by atoms with Gasteiger partial charge in [0.2, 0.25) is 0 Å². The van der Waals surface area contributed by atoms with E-state index >= 15 is 0 Å². The van der Waals surface area contributed by atoms with E-state index in [1.54, 1.807) is 30.3 Å². The Bertz CT molecular complexity index is 944. The van der Waals surface area contributed by atoms with Crippen LogP contribution in [0.1, 0.15) is 12.0 Å². The number of fused-ring (bicyclic) bond motifs is 1. The topological polar surface area (TPSA) is 9.23 Å². The molecular weight excluding hydrogens is 344 g/mol. The van der Waals surface area contributed by atoms with Gasteiger partial charge in [0.05, 0.1) is 0 Å². The first-order chi connectivity index (χ1) is 12.4. The molecular formula is C21H16F4O. The molecule has 0 saturated heterocycles. The second kappa shape index (κ2) is 7.20. The van der Waals surface area contributed by atoms with Gasteiger partial charge in [0.1, 0.15) is 11.6 Å². The van der Waals surface area contributed by atoms with Crippen molar-refractivity contribution < 1.29 is 22.3 Å². The SMILES string of the molecule is C=CCCc1ccc(-c2ccc3cc(OC(F)(F)F)ccc3c2)c(F)c1. The van der Waals surface area contributed by atoms with E-state index in [4.69, 9.17) is 0 Å². The Morgan fingerprint density at radius 3 is 2.35 bits per heavy atom. The second-order valence-electron chi connectivity index (χ2n) is 5.91. The van der Waals surface area contributed by atoms with Gasteiger partial charge in [0.25, 0.3) is 0 Å². The molecule has 0 unspecified atom stereocenters. The summed E-state index contributed by atoms with van der Waals surface area (Å²) in [4.78, 5) is 0. The summed E-state index contributed by atoms with van der Waals surface area (Å²) in [5, 5.41) is 1.28. The molecule has 0 radical (unpaired) electrons. The fourth-order valence-corrected chi connectivity index (χ4v) is 2.81. The number of alkyl halides is 3. The van der Waals surface area contributed by atoms with Crippen molar-refractivity contribution in [1.82, 2.24) is 0 Å². The van der Waals surface area contributed by atoms with Crippen LogP contribution in [-0.2, 0) is 6.42 Å². The molecule has 0 amide bonds. The van der Waals surface area contributed by atoms with E-state index < -0.39 is 6.36 Å². The molecule has 0 aliphatic carbocycles. The largest absolute Gasteiger partial charge is 0.573 e. The first-order valence-electron chi connectivity index (χ1n) is 8.05. The predicted octanol–water partition coefficient (Wildman–Crippen LogP) is 6.66. The number of hydrogen-bond donors (Lipinski definition) is 0. The van der Waals surface area contributed by atoms with E-state index in [-0.39, 0.29) is 11.6 Å². The molecule has 0 saturated carbocycles. The highest BCUT2D eigenvalue weighted by atomic mass is 19.4. The summed E-state index contributed by atoms with van der Waals surface area (Å²) in [5.74, 6) is -0.613. The van der Waals surface area contributed by atoms with Crippen LogP contribution in [0, 0.1) is 5.82 Å². The minimum Gasteiger partial charge on any atom is -0.406 e. The van der Waals surface area contributed by atoms with E-state index in [0.717, 1.165) is 18.4 Å². The quantitative estimate of drug-likeness (QED) is 0.365. The van der Waals surface area contributed by atoms with E-state index in [1.165, 1.54) is 24.3 Å². The van der Waals surface area contributed by atoms with Crippen molar-refractivity contribution in [2.75, 3.05) is 0 Å². The van der Waals surface area contributed by atoms with Crippen molar-refractivity contribution in [3.63, 3.8) is 0 Å². The zero-order valence-corrected chi connectivity index (χ0v) is 13.8. The van der Waals surface area contributed by atoms with Crippen molar-refractivity contribution in [1.29, 1.82) is 0 Å². The van der Waals surface area contributed by atoms with Crippen LogP contribution in [0.2, 0.25) is 0 Å². The van der Waals surface area contributed by atoms with E-state index in [1.807, 2.05) is 6.07 Å². The Balaban J connectivity index is 1.91. The minimum absolute atomic E-state index is 0.282. The normalized spacial score (nSPS) is 11.5. The maximum Gasteiger partial charge on any atom is 0.573 e. The first-order valence-corrected chi connectivity index (χ1v) is 8.05. The molecule has 0 bridgehead atoms. The van der Waals surface area contributed by atoms with Gasteiger partial charge >= 0.3 is 6.36 Å². The van der Waals surface area contributed by atoms with Crippen LogP contribution in [0.3, 0.4) is 0 Å². The summed E-state index contributed by atoms with van der Waals surface area (Å²) in [7, 11) is 0. The van der Waals surface area contributed by atoms with Crippen molar-refractivity contribution in [2.24, 2.45) is 0 Å². The Labute approximate surface area is 148 Å². The smallest absolute Gasteiger partial charge is 0.406 e. The van der Waals surface area contributed by atoms with Gasteiger partial charge < -0.3 is 4.74 Å². The van der Waals surface area contributed by atoms with Crippen LogP contribution < -0.4 is 4.74 Å². The van der Waals surface area contributed by atoms with Gasteiger partial charge in [-0.2, -0.15) is 0 Å². The van der Waals surface area contributed by atoms with Gasteiger partial charge in [0, 0.05) is 5.56 Å². The average molecular weight is 360 g/mol. The molecule has 0 aliphatic heterocycles. The molecule has 0 N–H and O–H groups in total. The van der Waals surface area contributed by atoms with Crippen molar-refractivity contribution in [2.45, 2.75) is 19.2 Å². The van der Waals surface area contributed by atoms with Crippen LogP contribution in [0.15, 0.2) is 67.3 Å². The Morgan fingerprint density at radius 1 is 0.923 bits per heavy atom. The minimum atomic E-state index is -4.73. The molecule has 0 aliphatic rings. The van der Waals surface area contributed by atoms with Gasteiger partial charge in [-0.15, -0.1) is 19.8 Å².